The molecule has 122 valence electrons. The molecule has 0 spiro atoms. The third kappa shape index (κ3) is 5.47. The average Bonchev–Trinajstić information content (AvgIpc) is 2.54. The molecule has 22 heavy (non-hydrogen) atoms. The Labute approximate surface area is 132 Å². The summed E-state index contributed by atoms with van der Waals surface area (Å²) in [4.78, 5) is 11.9. The summed E-state index contributed by atoms with van der Waals surface area (Å²) in [6, 6.07) is 7.58. The Kier molecular flexibility index (Phi) is 6.37. The first-order chi connectivity index (χ1) is 10.7. The van der Waals surface area contributed by atoms with Crippen LogP contribution >= 0.6 is 0 Å². The van der Waals surface area contributed by atoms with Crippen molar-refractivity contribution in [2.24, 2.45) is 0 Å². The van der Waals surface area contributed by atoms with E-state index in [4.69, 9.17) is 9.47 Å². The smallest absolute Gasteiger partial charge is 0.315 e. The van der Waals surface area contributed by atoms with Crippen LogP contribution in [0.25, 0.3) is 0 Å². The second-order valence-corrected chi connectivity index (χ2v) is 5.84. The van der Waals surface area contributed by atoms with Gasteiger partial charge in [-0.25, -0.2) is 4.79 Å². The van der Waals surface area contributed by atoms with E-state index in [0.29, 0.717) is 12.6 Å². The zero-order valence-electron chi connectivity index (χ0n) is 13.4. The maximum absolute atomic E-state index is 11.9. The lowest BCUT2D eigenvalue weighted by atomic mass is 9.96. The Balaban J connectivity index is 1.67. The van der Waals surface area contributed by atoms with Gasteiger partial charge in [-0.05, 0) is 44.0 Å². The summed E-state index contributed by atoms with van der Waals surface area (Å²) in [5.41, 5.74) is 0. The van der Waals surface area contributed by atoms with Crippen molar-refractivity contribution in [1.82, 2.24) is 10.6 Å². The van der Waals surface area contributed by atoms with Crippen LogP contribution in [-0.4, -0.2) is 31.8 Å². The van der Waals surface area contributed by atoms with Crippen LogP contribution in [0.4, 0.5) is 4.79 Å². The van der Waals surface area contributed by atoms with Crippen LogP contribution < -0.4 is 20.1 Å². The number of ether oxygens (including phenoxy) is 2. The number of nitrogens with one attached hydrogen (secondary N) is 2. The van der Waals surface area contributed by atoms with E-state index in [-0.39, 0.29) is 12.1 Å². The fourth-order valence-corrected chi connectivity index (χ4v) is 2.63. The maximum atomic E-state index is 11.9. The van der Waals surface area contributed by atoms with Crippen molar-refractivity contribution in [2.45, 2.75) is 51.1 Å². The molecule has 1 fully saturated rings. The van der Waals surface area contributed by atoms with Gasteiger partial charge in [0.2, 0.25) is 0 Å². The molecule has 0 unspecified atom stereocenters. The third-order valence-corrected chi connectivity index (χ3v) is 3.88. The van der Waals surface area contributed by atoms with Crippen molar-refractivity contribution in [3.8, 4) is 11.5 Å². The average molecular weight is 306 g/mol. The first-order valence-corrected chi connectivity index (χ1v) is 8.01. The first-order valence-electron chi connectivity index (χ1n) is 8.01. The van der Waals surface area contributed by atoms with Gasteiger partial charge in [-0.15, -0.1) is 0 Å². The lowest BCUT2D eigenvalue weighted by molar-refractivity contribution is 0.219. The molecule has 0 aromatic heterocycles. The van der Waals surface area contributed by atoms with Crippen molar-refractivity contribution < 1.29 is 14.3 Å². The van der Waals surface area contributed by atoms with Gasteiger partial charge in [-0.3, -0.25) is 0 Å². The molecule has 1 aromatic rings. The summed E-state index contributed by atoms with van der Waals surface area (Å²) < 4.78 is 10.8. The van der Waals surface area contributed by atoms with E-state index in [2.05, 4.69) is 10.6 Å². The van der Waals surface area contributed by atoms with Crippen LogP contribution in [0, 0.1) is 0 Å². The van der Waals surface area contributed by atoms with E-state index in [9.17, 15) is 4.79 Å². The minimum atomic E-state index is -0.0993. The zero-order valence-corrected chi connectivity index (χ0v) is 13.4. The van der Waals surface area contributed by atoms with Crippen LogP contribution in [0.1, 0.15) is 39.0 Å². The minimum Gasteiger partial charge on any atom is -0.497 e. The molecule has 2 rings (SSSR count). The summed E-state index contributed by atoms with van der Waals surface area (Å²) in [5.74, 6) is 1.56. The Morgan fingerprint density at radius 2 is 1.82 bits per heavy atom. The number of benzene rings is 1. The van der Waals surface area contributed by atoms with Crippen molar-refractivity contribution in [1.29, 1.82) is 0 Å². The predicted octanol–water partition coefficient (Wildman–Crippen LogP) is 3.09. The monoisotopic (exact) mass is 306 g/mol. The molecule has 1 aliphatic rings. The molecule has 5 heteroatoms. The van der Waals surface area contributed by atoms with Gasteiger partial charge in [-0.1, -0.05) is 19.3 Å². The third-order valence-electron chi connectivity index (χ3n) is 3.88. The lowest BCUT2D eigenvalue weighted by Crippen LogP contribution is -2.47. The molecule has 1 atom stereocenters. The molecule has 1 aromatic carbocycles. The topological polar surface area (TPSA) is 59.6 Å². The molecule has 0 bridgehead atoms. The second kappa shape index (κ2) is 8.51. The minimum absolute atomic E-state index is 0.0503. The number of rotatable bonds is 6. The van der Waals surface area contributed by atoms with Gasteiger partial charge in [0.05, 0.1) is 13.2 Å². The molecule has 2 amide bonds. The number of carbonyl (C=O) groups is 1. The van der Waals surface area contributed by atoms with Crippen LogP contribution in [0.5, 0.6) is 11.5 Å². The fourth-order valence-electron chi connectivity index (χ4n) is 2.63. The molecule has 2 N–H and O–H groups in total. The Hall–Kier alpha value is -1.91. The van der Waals surface area contributed by atoms with Crippen LogP contribution in [0.3, 0.4) is 0 Å². The van der Waals surface area contributed by atoms with Crippen LogP contribution in [0.2, 0.25) is 0 Å². The summed E-state index contributed by atoms with van der Waals surface area (Å²) in [7, 11) is 1.63. The number of hydrogen-bond donors (Lipinski definition) is 2. The molecule has 1 saturated carbocycles. The fraction of sp³-hybridized carbons (Fsp3) is 0.588. The van der Waals surface area contributed by atoms with Crippen molar-refractivity contribution in [2.75, 3.05) is 13.7 Å². The number of hydrogen-bond acceptors (Lipinski definition) is 3. The Bertz CT molecular complexity index is 455. The van der Waals surface area contributed by atoms with Crippen LogP contribution in [-0.2, 0) is 0 Å². The van der Waals surface area contributed by atoms with Gasteiger partial charge in [-0.2, -0.15) is 0 Å². The Morgan fingerprint density at radius 1 is 1.18 bits per heavy atom. The molecular weight excluding hydrogens is 280 g/mol. The lowest BCUT2D eigenvalue weighted by Gasteiger charge is -2.24. The van der Waals surface area contributed by atoms with Gasteiger partial charge >= 0.3 is 6.03 Å². The highest BCUT2D eigenvalue weighted by Crippen LogP contribution is 2.18. The van der Waals surface area contributed by atoms with Gasteiger partial charge < -0.3 is 20.1 Å². The van der Waals surface area contributed by atoms with Crippen molar-refractivity contribution >= 4 is 6.03 Å². The molecule has 1 aliphatic carbocycles. The number of carbonyl (C=O) groups excluding carboxylic acids is 1. The summed E-state index contributed by atoms with van der Waals surface area (Å²) in [6.07, 6.45) is 5.88. The maximum Gasteiger partial charge on any atom is 0.315 e. The number of methoxy groups -OCH3 is 1. The summed E-state index contributed by atoms with van der Waals surface area (Å²) in [6.45, 7) is 2.37. The predicted molar refractivity (Wildman–Crippen MR) is 86.5 cm³/mol. The first kappa shape index (κ1) is 16.5. The highest BCUT2D eigenvalue weighted by Gasteiger charge is 2.16. The zero-order chi connectivity index (χ0) is 15.8. The van der Waals surface area contributed by atoms with E-state index in [1.165, 1.54) is 19.3 Å². The molecule has 5 nitrogen and oxygen atoms in total. The SMILES string of the molecule is COc1ccc(OC[C@@H](C)NC(=O)NC2CCCCC2)cc1. The van der Waals surface area contributed by atoms with E-state index >= 15 is 0 Å². The molecule has 0 aliphatic heterocycles. The Morgan fingerprint density at radius 3 is 2.45 bits per heavy atom. The highest BCUT2D eigenvalue weighted by atomic mass is 16.5. The largest absolute Gasteiger partial charge is 0.497 e. The molecule has 0 saturated heterocycles. The molecular formula is C17H26N2O3. The highest BCUT2D eigenvalue weighted by molar-refractivity contribution is 5.74. The standard InChI is InChI=1S/C17H26N2O3/c1-13(12-22-16-10-8-15(21-2)9-11-16)18-17(20)19-14-6-4-3-5-7-14/h8-11,13-14H,3-7,12H2,1-2H3,(H2,18,19,20)/t13-/m1/s1. The second-order valence-electron chi connectivity index (χ2n) is 5.84. The van der Waals surface area contributed by atoms with Gasteiger partial charge in [0.1, 0.15) is 18.1 Å². The van der Waals surface area contributed by atoms with E-state index in [1.807, 2.05) is 31.2 Å². The van der Waals surface area contributed by atoms with Gasteiger partial charge in [0.15, 0.2) is 0 Å². The van der Waals surface area contributed by atoms with Crippen LogP contribution in [0.15, 0.2) is 24.3 Å². The van der Waals surface area contributed by atoms with E-state index in [1.54, 1.807) is 7.11 Å². The summed E-state index contributed by atoms with van der Waals surface area (Å²) >= 11 is 0. The van der Waals surface area contributed by atoms with Gasteiger partial charge in [0, 0.05) is 6.04 Å². The quantitative estimate of drug-likeness (QED) is 0.849. The molecule has 0 radical (unpaired) electrons. The normalized spacial score (nSPS) is 16.6. The number of amides is 2. The van der Waals surface area contributed by atoms with E-state index < -0.39 is 0 Å². The van der Waals surface area contributed by atoms with Crippen molar-refractivity contribution in [3.63, 3.8) is 0 Å². The van der Waals surface area contributed by atoms with Gasteiger partial charge in [0.25, 0.3) is 0 Å². The molecule has 0 heterocycles. The van der Waals surface area contributed by atoms with E-state index in [0.717, 1.165) is 24.3 Å². The summed E-state index contributed by atoms with van der Waals surface area (Å²) in [5, 5.41) is 5.96. The number of urea groups is 1. The van der Waals surface area contributed by atoms with Crippen molar-refractivity contribution in [3.05, 3.63) is 24.3 Å².